The molecular formula is C15H18N2O2. The quantitative estimate of drug-likeness (QED) is 0.898. The van der Waals surface area contributed by atoms with Gasteiger partial charge in [0.2, 0.25) is 0 Å². The lowest BCUT2D eigenvalue weighted by Gasteiger charge is -2.20. The Bertz CT molecular complexity index is 624. The first-order chi connectivity index (χ1) is 9.16. The summed E-state index contributed by atoms with van der Waals surface area (Å²) in [5.74, 6) is -0.571. The van der Waals surface area contributed by atoms with E-state index in [2.05, 4.69) is 4.98 Å². The van der Waals surface area contributed by atoms with Crippen molar-refractivity contribution in [2.24, 2.45) is 0 Å². The van der Waals surface area contributed by atoms with Crippen LogP contribution in [-0.2, 0) is 0 Å². The first kappa shape index (κ1) is 12.2. The minimum absolute atomic E-state index is 0.306. The molecule has 0 spiro atoms. The van der Waals surface area contributed by atoms with Gasteiger partial charge in [-0.25, -0.2) is 9.78 Å². The number of pyridine rings is 1. The molecule has 0 unspecified atom stereocenters. The van der Waals surface area contributed by atoms with Crippen molar-refractivity contribution < 1.29 is 9.90 Å². The fraction of sp³-hybridized carbons (Fsp3) is 0.467. The number of aryl methyl sites for hydroxylation is 1. The third-order valence-electron chi connectivity index (χ3n) is 3.99. The number of nitrogens with zero attached hydrogens (tertiary/aromatic N) is 2. The molecule has 0 bridgehead atoms. The molecule has 1 aliphatic carbocycles. The van der Waals surface area contributed by atoms with Crippen LogP contribution in [0.15, 0.2) is 18.3 Å². The van der Waals surface area contributed by atoms with Crippen LogP contribution >= 0.6 is 0 Å². The molecule has 1 fully saturated rings. The number of imidazole rings is 1. The molecule has 0 radical (unpaired) electrons. The van der Waals surface area contributed by atoms with E-state index in [-0.39, 0.29) is 0 Å². The predicted molar refractivity (Wildman–Crippen MR) is 72.7 cm³/mol. The monoisotopic (exact) mass is 258 g/mol. The van der Waals surface area contributed by atoms with Gasteiger partial charge < -0.3 is 5.11 Å². The molecule has 1 aliphatic rings. The number of aromatic nitrogens is 2. The highest BCUT2D eigenvalue weighted by atomic mass is 16.4. The third kappa shape index (κ3) is 2.11. The van der Waals surface area contributed by atoms with E-state index in [0.717, 1.165) is 29.7 Å². The zero-order valence-electron chi connectivity index (χ0n) is 11.1. The number of carboxylic acids is 1. The Morgan fingerprint density at radius 1 is 1.32 bits per heavy atom. The lowest BCUT2D eigenvalue weighted by atomic mass is 9.86. The van der Waals surface area contributed by atoms with Crippen molar-refractivity contribution in [2.75, 3.05) is 0 Å². The summed E-state index contributed by atoms with van der Waals surface area (Å²) in [4.78, 5) is 16.2. The fourth-order valence-corrected chi connectivity index (χ4v) is 3.04. The summed E-state index contributed by atoms with van der Waals surface area (Å²) in [5, 5.41) is 9.51. The van der Waals surface area contributed by atoms with Gasteiger partial charge in [0.15, 0.2) is 5.69 Å². The van der Waals surface area contributed by atoms with Crippen LogP contribution in [0.25, 0.3) is 5.65 Å². The van der Waals surface area contributed by atoms with Gasteiger partial charge in [-0.15, -0.1) is 0 Å². The lowest BCUT2D eigenvalue weighted by molar-refractivity contribution is 0.0687. The van der Waals surface area contributed by atoms with Gasteiger partial charge in [0.05, 0.1) is 5.69 Å². The Hall–Kier alpha value is -1.84. The number of aromatic carboxylic acids is 1. The normalized spacial score (nSPS) is 16.9. The van der Waals surface area contributed by atoms with Crippen molar-refractivity contribution in [3.05, 3.63) is 35.3 Å². The molecule has 0 amide bonds. The zero-order chi connectivity index (χ0) is 13.4. The minimum atomic E-state index is -0.876. The Morgan fingerprint density at radius 3 is 2.74 bits per heavy atom. The largest absolute Gasteiger partial charge is 0.477 e. The zero-order valence-corrected chi connectivity index (χ0v) is 11.1. The molecule has 0 aliphatic heterocycles. The molecule has 0 atom stereocenters. The summed E-state index contributed by atoms with van der Waals surface area (Å²) in [6.45, 7) is 1.96. The Balaban J connectivity index is 2.17. The van der Waals surface area contributed by atoms with Crippen molar-refractivity contribution in [3.8, 4) is 0 Å². The average molecular weight is 258 g/mol. The smallest absolute Gasteiger partial charge is 0.354 e. The molecule has 2 aromatic heterocycles. The molecule has 19 heavy (non-hydrogen) atoms. The van der Waals surface area contributed by atoms with E-state index in [1.165, 1.54) is 19.3 Å². The van der Waals surface area contributed by atoms with Crippen LogP contribution in [0.1, 0.15) is 59.8 Å². The molecule has 4 nitrogen and oxygen atoms in total. The van der Waals surface area contributed by atoms with Gasteiger partial charge in [-0.2, -0.15) is 0 Å². The topological polar surface area (TPSA) is 54.6 Å². The molecule has 4 heteroatoms. The highest BCUT2D eigenvalue weighted by molar-refractivity contribution is 5.88. The highest BCUT2D eigenvalue weighted by Gasteiger charge is 2.26. The van der Waals surface area contributed by atoms with E-state index in [1.807, 2.05) is 25.3 Å². The van der Waals surface area contributed by atoms with E-state index in [1.54, 1.807) is 4.40 Å². The summed E-state index contributed by atoms with van der Waals surface area (Å²) in [6.07, 6.45) is 7.59. The standard InChI is InChI=1S/C15H18N2O2/c1-10-7-8-12-16-13(11-5-3-2-4-6-11)14(15(18)19)17(12)9-10/h7-9,11H,2-6H2,1H3,(H,18,19). The van der Waals surface area contributed by atoms with Gasteiger partial charge in [-0.3, -0.25) is 4.40 Å². The second-order valence-electron chi connectivity index (χ2n) is 5.42. The van der Waals surface area contributed by atoms with Crippen LogP contribution in [-0.4, -0.2) is 20.5 Å². The number of hydrogen-bond acceptors (Lipinski definition) is 2. The van der Waals surface area contributed by atoms with E-state index in [0.29, 0.717) is 11.6 Å². The number of fused-ring (bicyclic) bond motifs is 1. The van der Waals surface area contributed by atoms with Gasteiger partial charge in [0.1, 0.15) is 5.65 Å². The van der Waals surface area contributed by atoms with Crippen molar-refractivity contribution in [3.63, 3.8) is 0 Å². The Morgan fingerprint density at radius 2 is 2.05 bits per heavy atom. The van der Waals surface area contributed by atoms with E-state index in [9.17, 15) is 9.90 Å². The second-order valence-corrected chi connectivity index (χ2v) is 5.42. The van der Waals surface area contributed by atoms with E-state index < -0.39 is 5.97 Å². The number of carbonyl (C=O) groups is 1. The van der Waals surface area contributed by atoms with Crippen LogP contribution in [0.4, 0.5) is 0 Å². The summed E-state index contributed by atoms with van der Waals surface area (Å²) < 4.78 is 1.72. The molecule has 100 valence electrons. The summed E-state index contributed by atoms with van der Waals surface area (Å²) >= 11 is 0. The molecular weight excluding hydrogens is 240 g/mol. The van der Waals surface area contributed by atoms with Crippen LogP contribution in [0, 0.1) is 6.92 Å². The first-order valence-corrected chi connectivity index (χ1v) is 6.88. The predicted octanol–water partition coefficient (Wildman–Crippen LogP) is 3.39. The van der Waals surface area contributed by atoms with Crippen molar-refractivity contribution in [2.45, 2.75) is 44.9 Å². The highest BCUT2D eigenvalue weighted by Crippen LogP contribution is 2.34. The summed E-state index contributed by atoms with van der Waals surface area (Å²) in [5.41, 5.74) is 2.91. The lowest BCUT2D eigenvalue weighted by Crippen LogP contribution is -2.11. The molecule has 2 aromatic rings. The SMILES string of the molecule is Cc1ccc2nc(C3CCCCC3)c(C(=O)O)n2c1. The van der Waals surface area contributed by atoms with Crippen molar-refractivity contribution in [1.29, 1.82) is 0 Å². The molecule has 1 saturated carbocycles. The second kappa shape index (κ2) is 4.68. The average Bonchev–Trinajstić information content (AvgIpc) is 2.78. The van der Waals surface area contributed by atoms with E-state index in [4.69, 9.17) is 0 Å². The summed E-state index contributed by atoms with van der Waals surface area (Å²) in [7, 11) is 0. The fourth-order valence-electron chi connectivity index (χ4n) is 3.04. The molecule has 0 aromatic carbocycles. The Labute approximate surface area is 112 Å². The maximum atomic E-state index is 11.6. The van der Waals surface area contributed by atoms with Crippen molar-refractivity contribution >= 4 is 11.6 Å². The minimum Gasteiger partial charge on any atom is -0.477 e. The molecule has 2 heterocycles. The number of rotatable bonds is 2. The maximum absolute atomic E-state index is 11.6. The van der Waals surface area contributed by atoms with Crippen LogP contribution in [0.5, 0.6) is 0 Å². The van der Waals surface area contributed by atoms with Gasteiger partial charge >= 0.3 is 5.97 Å². The van der Waals surface area contributed by atoms with Gasteiger partial charge in [0, 0.05) is 12.1 Å². The molecule has 0 saturated heterocycles. The van der Waals surface area contributed by atoms with Gasteiger partial charge in [-0.1, -0.05) is 25.3 Å². The molecule has 3 rings (SSSR count). The Kier molecular flexibility index (Phi) is 3.01. The maximum Gasteiger partial charge on any atom is 0.354 e. The van der Waals surface area contributed by atoms with Crippen LogP contribution in [0.3, 0.4) is 0 Å². The molecule has 1 N–H and O–H groups in total. The van der Waals surface area contributed by atoms with Crippen LogP contribution in [0.2, 0.25) is 0 Å². The van der Waals surface area contributed by atoms with E-state index >= 15 is 0 Å². The third-order valence-corrected chi connectivity index (χ3v) is 3.99. The summed E-state index contributed by atoms with van der Waals surface area (Å²) in [6, 6.07) is 3.87. The first-order valence-electron chi connectivity index (χ1n) is 6.88. The van der Waals surface area contributed by atoms with Crippen LogP contribution < -0.4 is 0 Å². The van der Waals surface area contributed by atoms with Gasteiger partial charge in [-0.05, 0) is 31.4 Å². The number of hydrogen-bond donors (Lipinski definition) is 1. The van der Waals surface area contributed by atoms with Gasteiger partial charge in [0.25, 0.3) is 0 Å². The number of carboxylic acid groups (broad SMARTS) is 1. The van der Waals surface area contributed by atoms with Crippen molar-refractivity contribution in [1.82, 2.24) is 9.38 Å².